The molecule has 4 heteroatoms. The Kier molecular flexibility index (Phi) is 3.92. The number of fused-ring (bicyclic) bond motifs is 1. The number of carbonyl (C=O) groups is 1. The molecule has 2 fully saturated rings. The molecule has 2 aliphatic rings. The van der Waals surface area contributed by atoms with Crippen molar-refractivity contribution in [2.75, 3.05) is 19.6 Å². The highest BCUT2D eigenvalue weighted by atomic mass is 16.2. The number of hydrogen-bond acceptors (Lipinski definition) is 2. The van der Waals surface area contributed by atoms with Crippen LogP contribution in [0, 0.1) is 0 Å². The lowest BCUT2D eigenvalue weighted by Crippen LogP contribution is -2.62. The quantitative estimate of drug-likeness (QED) is 0.755. The van der Waals surface area contributed by atoms with Crippen molar-refractivity contribution in [1.29, 1.82) is 0 Å². The molecule has 0 spiro atoms. The Morgan fingerprint density at radius 3 is 2.76 bits per heavy atom. The summed E-state index contributed by atoms with van der Waals surface area (Å²) in [7, 11) is 0. The van der Waals surface area contributed by atoms with Crippen LogP contribution in [0.15, 0.2) is 0 Å². The summed E-state index contributed by atoms with van der Waals surface area (Å²) < 4.78 is 0. The normalized spacial score (nSPS) is 30.2. The van der Waals surface area contributed by atoms with E-state index in [1.54, 1.807) is 0 Å². The van der Waals surface area contributed by atoms with Crippen LogP contribution in [0.5, 0.6) is 0 Å². The van der Waals surface area contributed by atoms with E-state index in [9.17, 15) is 4.79 Å². The Balaban J connectivity index is 1.96. The molecule has 2 unspecified atom stereocenters. The third kappa shape index (κ3) is 2.92. The van der Waals surface area contributed by atoms with Crippen LogP contribution in [0.2, 0.25) is 0 Å². The molecule has 17 heavy (non-hydrogen) atoms. The smallest absolute Gasteiger partial charge is 0.317 e. The zero-order chi connectivity index (χ0) is 12.4. The Hall–Kier alpha value is -0.770. The Bertz CT molecular complexity index is 280. The summed E-state index contributed by atoms with van der Waals surface area (Å²) in [6.07, 6.45) is 3.88. The predicted octanol–water partition coefficient (Wildman–Crippen LogP) is 1.66. The maximum Gasteiger partial charge on any atom is 0.317 e. The third-order valence-corrected chi connectivity index (χ3v) is 3.86. The van der Waals surface area contributed by atoms with Gasteiger partial charge in [0.1, 0.15) is 0 Å². The van der Waals surface area contributed by atoms with Gasteiger partial charge in [-0.2, -0.15) is 0 Å². The Morgan fingerprint density at radius 1 is 1.29 bits per heavy atom. The Labute approximate surface area is 104 Å². The van der Waals surface area contributed by atoms with Crippen molar-refractivity contribution >= 4 is 6.03 Å². The van der Waals surface area contributed by atoms with E-state index >= 15 is 0 Å². The molecule has 0 radical (unpaired) electrons. The standard InChI is InChI=1S/C13H25N3O/c1-10(2)14-13(17)16-9-12-6-4-5-7-15(12)8-11(16)3/h10-12H,4-9H2,1-3H3,(H,14,17). The number of hydrogen-bond donors (Lipinski definition) is 1. The van der Waals surface area contributed by atoms with Crippen LogP contribution >= 0.6 is 0 Å². The monoisotopic (exact) mass is 239 g/mol. The minimum Gasteiger partial charge on any atom is -0.336 e. The van der Waals surface area contributed by atoms with Crippen LogP contribution in [-0.2, 0) is 0 Å². The molecule has 0 aromatic rings. The number of nitrogens with zero attached hydrogens (tertiary/aromatic N) is 2. The van der Waals surface area contributed by atoms with Gasteiger partial charge >= 0.3 is 6.03 Å². The molecule has 1 N–H and O–H groups in total. The van der Waals surface area contributed by atoms with Crippen LogP contribution in [0.25, 0.3) is 0 Å². The molecule has 0 bridgehead atoms. The average Bonchev–Trinajstić information content (AvgIpc) is 2.27. The Morgan fingerprint density at radius 2 is 2.06 bits per heavy atom. The van der Waals surface area contributed by atoms with Gasteiger partial charge in [-0.05, 0) is 40.2 Å². The lowest BCUT2D eigenvalue weighted by atomic mass is 9.97. The molecule has 2 aliphatic heterocycles. The van der Waals surface area contributed by atoms with E-state index in [2.05, 4.69) is 17.1 Å². The van der Waals surface area contributed by atoms with Gasteiger partial charge in [0.05, 0.1) is 0 Å². The summed E-state index contributed by atoms with van der Waals surface area (Å²) >= 11 is 0. The van der Waals surface area contributed by atoms with Gasteiger partial charge in [-0.25, -0.2) is 4.79 Å². The summed E-state index contributed by atoms with van der Waals surface area (Å²) in [5, 5.41) is 3.01. The highest BCUT2D eigenvalue weighted by molar-refractivity contribution is 5.75. The number of piperazine rings is 1. The van der Waals surface area contributed by atoms with Crippen molar-refractivity contribution in [3.05, 3.63) is 0 Å². The molecule has 0 aromatic heterocycles. The maximum atomic E-state index is 12.1. The molecule has 0 aromatic carbocycles. The van der Waals surface area contributed by atoms with Gasteiger partial charge in [-0.15, -0.1) is 0 Å². The highest BCUT2D eigenvalue weighted by Gasteiger charge is 2.35. The van der Waals surface area contributed by atoms with Gasteiger partial charge < -0.3 is 10.2 Å². The summed E-state index contributed by atoms with van der Waals surface area (Å²) in [5.41, 5.74) is 0. The SMILES string of the molecule is CC(C)NC(=O)N1CC2CCCCN2CC1C. The molecule has 2 atom stereocenters. The first-order valence-corrected chi connectivity index (χ1v) is 6.89. The van der Waals surface area contributed by atoms with E-state index in [0.29, 0.717) is 12.1 Å². The zero-order valence-corrected chi connectivity index (χ0v) is 11.3. The summed E-state index contributed by atoms with van der Waals surface area (Å²) in [4.78, 5) is 16.7. The summed E-state index contributed by atoms with van der Waals surface area (Å²) in [6.45, 7) is 9.34. The number of carbonyl (C=O) groups excluding carboxylic acids is 1. The lowest BCUT2D eigenvalue weighted by molar-refractivity contribution is 0.0342. The number of rotatable bonds is 1. The van der Waals surface area contributed by atoms with Gasteiger partial charge in [0.2, 0.25) is 0 Å². The molecule has 2 rings (SSSR count). The minimum absolute atomic E-state index is 0.109. The van der Waals surface area contributed by atoms with Crippen molar-refractivity contribution < 1.29 is 4.79 Å². The molecular formula is C13H25N3O. The van der Waals surface area contributed by atoms with E-state index in [1.807, 2.05) is 18.7 Å². The molecule has 2 saturated heterocycles. The molecule has 0 aliphatic carbocycles. The van der Waals surface area contributed by atoms with Crippen molar-refractivity contribution in [2.24, 2.45) is 0 Å². The molecule has 98 valence electrons. The van der Waals surface area contributed by atoms with E-state index in [0.717, 1.165) is 13.1 Å². The number of amides is 2. The van der Waals surface area contributed by atoms with E-state index in [4.69, 9.17) is 0 Å². The van der Waals surface area contributed by atoms with Gasteiger partial charge in [-0.3, -0.25) is 4.90 Å². The fourth-order valence-corrected chi connectivity index (χ4v) is 2.96. The summed E-state index contributed by atoms with van der Waals surface area (Å²) in [5.74, 6) is 0. The molecule has 0 saturated carbocycles. The van der Waals surface area contributed by atoms with Gasteiger partial charge in [-0.1, -0.05) is 6.42 Å². The molecule has 2 heterocycles. The highest BCUT2D eigenvalue weighted by Crippen LogP contribution is 2.23. The van der Waals surface area contributed by atoms with Crippen LogP contribution in [-0.4, -0.2) is 53.6 Å². The van der Waals surface area contributed by atoms with E-state index in [1.165, 1.54) is 25.8 Å². The topological polar surface area (TPSA) is 35.6 Å². The lowest BCUT2D eigenvalue weighted by Gasteiger charge is -2.47. The van der Waals surface area contributed by atoms with Crippen molar-refractivity contribution in [3.8, 4) is 0 Å². The number of urea groups is 1. The van der Waals surface area contributed by atoms with Crippen molar-refractivity contribution in [2.45, 2.75) is 58.2 Å². The first kappa shape index (κ1) is 12.7. The first-order valence-electron chi connectivity index (χ1n) is 6.89. The fourth-order valence-electron chi connectivity index (χ4n) is 2.96. The van der Waals surface area contributed by atoms with Crippen molar-refractivity contribution in [3.63, 3.8) is 0 Å². The number of piperidine rings is 1. The largest absolute Gasteiger partial charge is 0.336 e. The third-order valence-electron chi connectivity index (χ3n) is 3.86. The van der Waals surface area contributed by atoms with Crippen LogP contribution in [0.1, 0.15) is 40.0 Å². The fraction of sp³-hybridized carbons (Fsp3) is 0.923. The van der Waals surface area contributed by atoms with E-state index < -0.39 is 0 Å². The number of nitrogens with one attached hydrogen (secondary N) is 1. The molecule has 4 nitrogen and oxygen atoms in total. The second-order valence-corrected chi connectivity index (χ2v) is 5.75. The maximum absolute atomic E-state index is 12.1. The second kappa shape index (κ2) is 5.25. The predicted molar refractivity (Wildman–Crippen MR) is 69.0 cm³/mol. The van der Waals surface area contributed by atoms with Gasteiger partial charge in [0, 0.05) is 31.2 Å². The molecular weight excluding hydrogens is 214 g/mol. The van der Waals surface area contributed by atoms with Crippen LogP contribution in [0.4, 0.5) is 4.79 Å². The van der Waals surface area contributed by atoms with Crippen LogP contribution < -0.4 is 5.32 Å². The van der Waals surface area contributed by atoms with Crippen LogP contribution in [0.3, 0.4) is 0 Å². The van der Waals surface area contributed by atoms with Gasteiger partial charge in [0.25, 0.3) is 0 Å². The average molecular weight is 239 g/mol. The minimum atomic E-state index is 0.109. The van der Waals surface area contributed by atoms with E-state index in [-0.39, 0.29) is 12.1 Å². The first-order chi connectivity index (χ1) is 8.08. The summed E-state index contributed by atoms with van der Waals surface area (Å²) in [6, 6.07) is 1.26. The van der Waals surface area contributed by atoms with Crippen molar-refractivity contribution in [1.82, 2.24) is 15.1 Å². The zero-order valence-electron chi connectivity index (χ0n) is 11.3. The van der Waals surface area contributed by atoms with Gasteiger partial charge in [0.15, 0.2) is 0 Å². The second-order valence-electron chi connectivity index (χ2n) is 5.75. The molecule has 2 amide bonds.